The molecule has 5 heteroatoms. The van der Waals surface area contributed by atoms with Crippen LogP contribution in [0.1, 0.15) is 72.7 Å². The SMILES string of the molecule is CC.CC=C(C)C.COC(=O)c1ccc(B2OC(C)(C)C(C)(C)O2)cc1. The van der Waals surface area contributed by atoms with Gasteiger partial charge < -0.3 is 14.0 Å². The molecule has 146 valence electrons. The number of allylic oxidation sites excluding steroid dienone is 2. The van der Waals surface area contributed by atoms with Crippen LogP contribution in [0.25, 0.3) is 0 Å². The first kappa shape index (κ1) is 24.4. The first-order chi connectivity index (χ1) is 12.0. The Balaban J connectivity index is 0.000000772. The van der Waals surface area contributed by atoms with Crippen molar-refractivity contribution in [2.45, 2.75) is 73.5 Å². The lowest BCUT2D eigenvalue weighted by Gasteiger charge is -2.32. The van der Waals surface area contributed by atoms with Crippen LogP contribution in [0, 0.1) is 0 Å². The molecule has 0 atom stereocenters. The van der Waals surface area contributed by atoms with Gasteiger partial charge in [0.15, 0.2) is 0 Å². The van der Waals surface area contributed by atoms with Gasteiger partial charge >= 0.3 is 13.1 Å². The molecule has 1 aromatic rings. The smallest absolute Gasteiger partial charge is 0.465 e. The molecule has 0 radical (unpaired) electrons. The van der Waals surface area contributed by atoms with Gasteiger partial charge in [0, 0.05) is 0 Å². The quantitative estimate of drug-likeness (QED) is 0.432. The van der Waals surface area contributed by atoms with Crippen molar-refractivity contribution in [2.75, 3.05) is 7.11 Å². The number of benzene rings is 1. The average Bonchev–Trinajstić information content (AvgIpc) is 2.84. The van der Waals surface area contributed by atoms with E-state index in [0.717, 1.165) is 5.46 Å². The Hall–Kier alpha value is -1.59. The molecule has 0 unspecified atom stereocenters. The van der Waals surface area contributed by atoms with E-state index in [4.69, 9.17) is 9.31 Å². The van der Waals surface area contributed by atoms with Crippen LogP contribution in [0.15, 0.2) is 35.9 Å². The van der Waals surface area contributed by atoms with Crippen molar-refractivity contribution in [3.05, 3.63) is 41.5 Å². The zero-order valence-electron chi connectivity index (χ0n) is 18.1. The van der Waals surface area contributed by atoms with E-state index in [1.807, 2.05) is 60.6 Å². The van der Waals surface area contributed by atoms with Crippen LogP contribution in [-0.2, 0) is 14.0 Å². The second-order valence-electron chi connectivity index (χ2n) is 7.07. The summed E-state index contributed by atoms with van der Waals surface area (Å²) in [5.41, 5.74) is 2.07. The highest BCUT2D eigenvalue weighted by atomic mass is 16.7. The fourth-order valence-electron chi connectivity index (χ4n) is 1.87. The van der Waals surface area contributed by atoms with Crippen molar-refractivity contribution in [1.29, 1.82) is 0 Å². The van der Waals surface area contributed by atoms with E-state index in [1.165, 1.54) is 12.7 Å². The van der Waals surface area contributed by atoms with Gasteiger partial charge in [0.1, 0.15) is 0 Å². The minimum Gasteiger partial charge on any atom is -0.465 e. The number of hydrogen-bond donors (Lipinski definition) is 0. The lowest BCUT2D eigenvalue weighted by Crippen LogP contribution is -2.41. The molecule has 0 amide bonds. The Labute approximate surface area is 160 Å². The zero-order valence-corrected chi connectivity index (χ0v) is 18.1. The second-order valence-corrected chi connectivity index (χ2v) is 7.07. The highest BCUT2D eigenvalue weighted by Crippen LogP contribution is 2.36. The summed E-state index contributed by atoms with van der Waals surface area (Å²) in [4.78, 5) is 11.4. The standard InChI is InChI=1S/C14H19BO4.C5H10.C2H6/c1-13(2)14(3,4)19-15(18-13)11-8-6-10(7-9-11)12(16)17-5;1-4-5(2)3;1-2/h6-9H,1-5H3;4H,1-3H3;1-2H3. The third kappa shape index (κ3) is 6.62. The van der Waals surface area contributed by atoms with E-state index in [2.05, 4.69) is 24.7 Å². The maximum atomic E-state index is 11.4. The summed E-state index contributed by atoms with van der Waals surface area (Å²) < 4.78 is 16.5. The number of carbonyl (C=O) groups excluding carboxylic acids is 1. The third-order valence-corrected chi connectivity index (χ3v) is 4.43. The molecule has 26 heavy (non-hydrogen) atoms. The molecule has 1 aliphatic rings. The van der Waals surface area contributed by atoms with Crippen molar-refractivity contribution in [3.63, 3.8) is 0 Å². The van der Waals surface area contributed by atoms with Crippen LogP contribution in [0.3, 0.4) is 0 Å². The van der Waals surface area contributed by atoms with Gasteiger partial charge in [-0.3, -0.25) is 0 Å². The maximum Gasteiger partial charge on any atom is 0.494 e. The minimum absolute atomic E-state index is 0.347. The van der Waals surface area contributed by atoms with E-state index in [9.17, 15) is 4.79 Å². The molecule has 1 saturated heterocycles. The lowest BCUT2D eigenvalue weighted by atomic mass is 9.79. The summed E-state index contributed by atoms with van der Waals surface area (Å²) >= 11 is 0. The highest BCUT2D eigenvalue weighted by Gasteiger charge is 2.51. The first-order valence-corrected chi connectivity index (χ1v) is 9.17. The van der Waals surface area contributed by atoms with Gasteiger partial charge in [-0.05, 0) is 66.1 Å². The molecule has 4 nitrogen and oxygen atoms in total. The molecule has 2 rings (SSSR count). The Morgan fingerprint density at radius 3 is 1.69 bits per heavy atom. The van der Waals surface area contributed by atoms with Crippen LogP contribution in [0.4, 0.5) is 0 Å². The molecule has 0 N–H and O–H groups in total. The summed E-state index contributed by atoms with van der Waals surface area (Å²) in [6.45, 7) is 18.2. The van der Waals surface area contributed by atoms with Crippen molar-refractivity contribution in [2.24, 2.45) is 0 Å². The molecular formula is C21H35BO4. The van der Waals surface area contributed by atoms with E-state index in [-0.39, 0.29) is 17.2 Å². The molecule has 1 aromatic carbocycles. The number of ether oxygens (including phenoxy) is 1. The summed E-state index contributed by atoms with van der Waals surface area (Å²) in [6, 6.07) is 7.08. The monoisotopic (exact) mass is 362 g/mol. The molecule has 1 aliphatic heterocycles. The Kier molecular flexibility index (Phi) is 9.89. The van der Waals surface area contributed by atoms with Gasteiger partial charge in [0.05, 0.1) is 23.9 Å². The fourth-order valence-corrected chi connectivity index (χ4v) is 1.87. The highest BCUT2D eigenvalue weighted by molar-refractivity contribution is 6.62. The molecule has 1 fully saturated rings. The normalized spacial score (nSPS) is 16.5. The summed E-state index contributed by atoms with van der Waals surface area (Å²) in [6.07, 6.45) is 2.08. The predicted octanol–water partition coefficient (Wildman–Crippen LogP) is 4.77. The van der Waals surface area contributed by atoms with Gasteiger partial charge in [-0.2, -0.15) is 0 Å². The van der Waals surface area contributed by atoms with Gasteiger partial charge in [-0.1, -0.05) is 37.6 Å². The molecule has 0 aliphatic carbocycles. The first-order valence-electron chi connectivity index (χ1n) is 9.17. The maximum absolute atomic E-state index is 11.4. The van der Waals surface area contributed by atoms with Gasteiger partial charge in [-0.25, -0.2) is 4.79 Å². The molecule has 0 aromatic heterocycles. The van der Waals surface area contributed by atoms with Crippen molar-refractivity contribution in [1.82, 2.24) is 0 Å². The van der Waals surface area contributed by atoms with E-state index in [0.29, 0.717) is 5.56 Å². The summed E-state index contributed by atoms with van der Waals surface area (Å²) in [7, 11) is 0.960. The Morgan fingerprint density at radius 1 is 1.00 bits per heavy atom. The Morgan fingerprint density at radius 2 is 1.38 bits per heavy atom. The number of hydrogen-bond acceptors (Lipinski definition) is 4. The number of methoxy groups -OCH3 is 1. The largest absolute Gasteiger partial charge is 0.494 e. The zero-order chi connectivity index (χ0) is 20.5. The molecular weight excluding hydrogens is 327 g/mol. The fraction of sp³-hybridized carbons (Fsp3) is 0.571. The molecule has 0 spiro atoms. The number of rotatable bonds is 2. The topological polar surface area (TPSA) is 44.8 Å². The summed E-state index contributed by atoms with van der Waals surface area (Å²) in [5.74, 6) is -0.347. The van der Waals surface area contributed by atoms with E-state index in [1.54, 1.807) is 12.1 Å². The number of carbonyl (C=O) groups is 1. The number of esters is 1. The van der Waals surface area contributed by atoms with E-state index < -0.39 is 7.12 Å². The van der Waals surface area contributed by atoms with Crippen LogP contribution in [-0.4, -0.2) is 31.4 Å². The van der Waals surface area contributed by atoms with Crippen LogP contribution in [0.5, 0.6) is 0 Å². The molecule has 0 bridgehead atoms. The third-order valence-electron chi connectivity index (χ3n) is 4.43. The van der Waals surface area contributed by atoms with Crippen molar-refractivity contribution < 1.29 is 18.8 Å². The predicted molar refractivity (Wildman–Crippen MR) is 110 cm³/mol. The van der Waals surface area contributed by atoms with E-state index >= 15 is 0 Å². The summed E-state index contributed by atoms with van der Waals surface area (Å²) in [5, 5.41) is 0. The van der Waals surface area contributed by atoms with Gasteiger partial charge in [-0.15, -0.1) is 0 Å². The van der Waals surface area contributed by atoms with Crippen LogP contribution in [0.2, 0.25) is 0 Å². The van der Waals surface area contributed by atoms with Gasteiger partial charge in [0.2, 0.25) is 0 Å². The van der Waals surface area contributed by atoms with Crippen LogP contribution >= 0.6 is 0 Å². The van der Waals surface area contributed by atoms with Crippen LogP contribution < -0.4 is 5.46 Å². The van der Waals surface area contributed by atoms with Crippen molar-refractivity contribution >= 4 is 18.6 Å². The minimum atomic E-state index is -0.406. The van der Waals surface area contributed by atoms with Crippen molar-refractivity contribution in [3.8, 4) is 0 Å². The Bertz CT molecular complexity index is 569. The average molecular weight is 362 g/mol. The molecule has 0 saturated carbocycles. The lowest BCUT2D eigenvalue weighted by molar-refractivity contribution is 0.00578. The second kappa shape index (κ2) is 10.5. The molecule has 1 heterocycles. The van der Waals surface area contributed by atoms with Gasteiger partial charge in [0.25, 0.3) is 0 Å².